The van der Waals surface area contributed by atoms with Crippen molar-refractivity contribution in [1.82, 2.24) is 0 Å². The fourth-order valence-electron chi connectivity index (χ4n) is 3.14. The van der Waals surface area contributed by atoms with Gasteiger partial charge in [-0.2, -0.15) is 0 Å². The van der Waals surface area contributed by atoms with Crippen LogP contribution in [0.15, 0.2) is 48.5 Å². The Morgan fingerprint density at radius 3 is 2.43 bits per heavy atom. The van der Waals surface area contributed by atoms with Gasteiger partial charge in [-0.05, 0) is 71.5 Å². The predicted octanol–water partition coefficient (Wildman–Crippen LogP) is 4.33. The van der Waals surface area contributed by atoms with Crippen molar-refractivity contribution >= 4 is 34.0 Å². The first kappa shape index (κ1) is 14.7. The standard InChI is InChI=1S/C18H21IN2/c19-16-6-7-18(17(20)13-16)21-10-8-15(9-11-21)12-14-4-2-1-3-5-14/h1-7,13,15H,8-12,20H2. The molecule has 1 heterocycles. The molecule has 2 aromatic rings. The van der Waals surface area contributed by atoms with Crippen LogP contribution < -0.4 is 10.6 Å². The summed E-state index contributed by atoms with van der Waals surface area (Å²) in [7, 11) is 0. The van der Waals surface area contributed by atoms with Crippen LogP contribution in [0.4, 0.5) is 11.4 Å². The SMILES string of the molecule is Nc1cc(I)ccc1N1CCC(Cc2ccccc2)CC1. The zero-order valence-corrected chi connectivity index (χ0v) is 14.3. The number of nitrogens with two attached hydrogens (primary N) is 1. The molecule has 0 radical (unpaired) electrons. The molecule has 1 aliphatic rings. The van der Waals surface area contributed by atoms with E-state index in [0.29, 0.717) is 0 Å². The van der Waals surface area contributed by atoms with Gasteiger partial charge in [-0.3, -0.25) is 0 Å². The van der Waals surface area contributed by atoms with Crippen LogP contribution in [0.2, 0.25) is 0 Å². The lowest BCUT2D eigenvalue weighted by Gasteiger charge is -2.34. The first-order valence-corrected chi connectivity index (χ1v) is 8.64. The molecule has 1 saturated heterocycles. The Kier molecular flexibility index (Phi) is 4.68. The molecule has 0 bridgehead atoms. The number of hydrogen-bond donors (Lipinski definition) is 1. The van der Waals surface area contributed by atoms with Crippen LogP contribution in [0.25, 0.3) is 0 Å². The second kappa shape index (κ2) is 6.69. The Bertz CT molecular complexity index is 589. The molecule has 2 N–H and O–H groups in total. The lowest BCUT2D eigenvalue weighted by Crippen LogP contribution is -2.34. The molecule has 1 aliphatic heterocycles. The second-order valence-electron chi connectivity index (χ2n) is 5.82. The molecule has 0 amide bonds. The topological polar surface area (TPSA) is 29.3 Å². The quantitative estimate of drug-likeness (QED) is 0.622. The number of rotatable bonds is 3. The van der Waals surface area contributed by atoms with Crippen LogP contribution in [0.5, 0.6) is 0 Å². The van der Waals surface area contributed by atoms with E-state index in [1.54, 1.807) is 0 Å². The fourth-order valence-corrected chi connectivity index (χ4v) is 3.65. The van der Waals surface area contributed by atoms with E-state index in [0.717, 1.165) is 24.7 Å². The highest BCUT2D eigenvalue weighted by Crippen LogP contribution is 2.30. The molecule has 2 nitrogen and oxygen atoms in total. The molecule has 0 atom stereocenters. The highest BCUT2D eigenvalue weighted by atomic mass is 127. The Labute approximate surface area is 140 Å². The predicted molar refractivity (Wildman–Crippen MR) is 98.7 cm³/mol. The summed E-state index contributed by atoms with van der Waals surface area (Å²) in [6, 6.07) is 17.2. The Hall–Kier alpha value is -1.23. The van der Waals surface area contributed by atoms with Gasteiger partial charge in [0.1, 0.15) is 0 Å². The summed E-state index contributed by atoms with van der Waals surface area (Å²) < 4.78 is 1.20. The number of halogens is 1. The zero-order chi connectivity index (χ0) is 14.7. The van der Waals surface area contributed by atoms with E-state index >= 15 is 0 Å². The third-order valence-electron chi connectivity index (χ3n) is 4.31. The van der Waals surface area contributed by atoms with Crippen molar-refractivity contribution in [3.8, 4) is 0 Å². The second-order valence-corrected chi connectivity index (χ2v) is 7.07. The fraction of sp³-hybridized carbons (Fsp3) is 0.333. The Morgan fingerprint density at radius 2 is 1.76 bits per heavy atom. The van der Waals surface area contributed by atoms with E-state index in [4.69, 9.17) is 5.73 Å². The maximum atomic E-state index is 6.16. The molecule has 3 heteroatoms. The third kappa shape index (κ3) is 3.70. The van der Waals surface area contributed by atoms with E-state index in [1.165, 1.54) is 34.1 Å². The molecule has 110 valence electrons. The Morgan fingerprint density at radius 1 is 1.05 bits per heavy atom. The lowest BCUT2D eigenvalue weighted by molar-refractivity contribution is 0.404. The Balaban J connectivity index is 1.60. The molecule has 1 fully saturated rings. The van der Waals surface area contributed by atoms with Crippen molar-refractivity contribution in [2.24, 2.45) is 5.92 Å². The highest BCUT2D eigenvalue weighted by Gasteiger charge is 2.20. The van der Waals surface area contributed by atoms with Crippen LogP contribution in [0.3, 0.4) is 0 Å². The van der Waals surface area contributed by atoms with Gasteiger partial charge in [0, 0.05) is 16.7 Å². The largest absolute Gasteiger partial charge is 0.397 e. The van der Waals surface area contributed by atoms with Crippen molar-refractivity contribution < 1.29 is 0 Å². The zero-order valence-electron chi connectivity index (χ0n) is 12.1. The smallest absolute Gasteiger partial charge is 0.0600 e. The minimum absolute atomic E-state index is 0.800. The van der Waals surface area contributed by atoms with Crippen LogP contribution >= 0.6 is 22.6 Å². The summed E-state index contributed by atoms with van der Waals surface area (Å²) in [5.41, 5.74) is 9.74. The average molecular weight is 392 g/mol. The first-order chi connectivity index (χ1) is 10.2. The summed E-state index contributed by atoms with van der Waals surface area (Å²) in [6.07, 6.45) is 3.71. The molecule has 0 unspecified atom stereocenters. The van der Waals surface area contributed by atoms with Gasteiger partial charge in [-0.15, -0.1) is 0 Å². The summed E-state index contributed by atoms with van der Waals surface area (Å²) in [4.78, 5) is 2.44. The van der Waals surface area contributed by atoms with Gasteiger partial charge in [-0.1, -0.05) is 30.3 Å². The third-order valence-corrected chi connectivity index (χ3v) is 4.98. The van der Waals surface area contributed by atoms with E-state index in [2.05, 4.69) is 76.0 Å². The number of nitrogen functional groups attached to an aromatic ring is 1. The van der Waals surface area contributed by atoms with Crippen molar-refractivity contribution in [2.45, 2.75) is 19.3 Å². The van der Waals surface area contributed by atoms with Gasteiger partial charge in [0.25, 0.3) is 0 Å². The number of hydrogen-bond acceptors (Lipinski definition) is 2. The molecular weight excluding hydrogens is 371 g/mol. The van der Waals surface area contributed by atoms with Gasteiger partial charge < -0.3 is 10.6 Å². The number of piperidine rings is 1. The molecule has 3 rings (SSSR count). The number of benzene rings is 2. The maximum absolute atomic E-state index is 6.16. The van der Waals surface area contributed by atoms with Crippen molar-refractivity contribution in [1.29, 1.82) is 0 Å². The monoisotopic (exact) mass is 392 g/mol. The van der Waals surface area contributed by atoms with Crippen molar-refractivity contribution in [2.75, 3.05) is 23.7 Å². The van der Waals surface area contributed by atoms with Crippen LogP contribution in [0.1, 0.15) is 18.4 Å². The molecule has 2 aromatic carbocycles. The molecule has 0 aliphatic carbocycles. The van der Waals surface area contributed by atoms with E-state index < -0.39 is 0 Å². The minimum Gasteiger partial charge on any atom is -0.397 e. The van der Waals surface area contributed by atoms with Crippen LogP contribution in [0, 0.1) is 9.49 Å². The van der Waals surface area contributed by atoms with Gasteiger partial charge in [0.2, 0.25) is 0 Å². The summed E-state index contributed by atoms with van der Waals surface area (Å²) >= 11 is 2.31. The van der Waals surface area contributed by atoms with E-state index in [-0.39, 0.29) is 0 Å². The normalized spacial score (nSPS) is 16.1. The van der Waals surface area contributed by atoms with Gasteiger partial charge in [-0.25, -0.2) is 0 Å². The summed E-state index contributed by atoms with van der Waals surface area (Å²) in [5.74, 6) is 0.800. The van der Waals surface area contributed by atoms with E-state index in [9.17, 15) is 0 Å². The van der Waals surface area contributed by atoms with Gasteiger partial charge in [0.15, 0.2) is 0 Å². The average Bonchev–Trinajstić information content (AvgIpc) is 2.49. The maximum Gasteiger partial charge on any atom is 0.0600 e. The number of anilines is 2. The molecule has 0 spiro atoms. The van der Waals surface area contributed by atoms with E-state index in [1.807, 2.05) is 0 Å². The van der Waals surface area contributed by atoms with Crippen molar-refractivity contribution in [3.05, 3.63) is 57.7 Å². The van der Waals surface area contributed by atoms with Crippen LogP contribution in [-0.2, 0) is 6.42 Å². The van der Waals surface area contributed by atoms with Crippen LogP contribution in [-0.4, -0.2) is 13.1 Å². The molecule has 21 heavy (non-hydrogen) atoms. The molecular formula is C18H21IN2. The van der Waals surface area contributed by atoms with Gasteiger partial charge in [0.05, 0.1) is 11.4 Å². The molecule has 0 aromatic heterocycles. The summed E-state index contributed by atoms with van der Waals surface area (Å²) in [6.45, 7) is 2.23. The first-order valence-electron chi connectivity index (χ1n) is 7.56. The minimum atomic E-state index is 0.800. The lowest BCUT2D eigenvalue weighted by atomic mass is 9.90. The highest BCUT2D eigenvalue weighted by molar-refractivity contribution is 14.1. The van der Waals surface area contributed by atoms with Gasteiger partial charge >= 0.3 is 0 Å². The number of nitrogens with zero attached hydrogens (tertiary/aromatic N) is 1. The summed E-state index contributed by atoms with van der Waals surface area (Å²) in [5, 5.41) is 0. The van der Waals surface area contributed by atoms with Crippen molar-refractivity contribution in [3.63, 3.8) is 0 Å². The molecule has 0 saturated carbocycles.